The summed E-state index contributed by atoms with van der Waals surface area (Å²) in [5, 5.41) is 9.56. The topological polar surface area (TPSA) is 72.8 Å². The number of ketones is 2. The van der Waals surface area contributed by atoms with E-state index < -0.39 is 17.2 Å². The van der Waals surface area contributed by atoms with Crippen LogP contribution in [0.3, 0.4) is 0 Å². The summed E-state index contributed by atoms with van der Waals surface area (Å²) in [6.45, 7) is 3.04. The normalized spacial score (nSPS) is 23.1. The molecule has 2 aliphatic rings. The van der Waals surface area contributed by atoms with E-state index in [4.69, 9.17) is 44.3 Å². The first-order valence-corrected chi connectivity index (χ1v) is 7.93. The lowest BCUT2D eigenvalue weighted by atomic mass is 9.80. The fourth-order valence-electron chi connectivity index (χ4n) is 2.92. The van der Waals surface area contributed by atoms with Crippen LogP contribution in [0.2, 0.25) is 5.02 Å². The van der Waals surface area contributed by atoms with Crippen molar-refractivity contribution in [3.8, 4) is 11.5 Å². The van der Waals surface area contributed by atoms with E-state index in [-0.39, 0.29) is 43.5 Å². The number of phenols is 1. The van der Waals surface area contributed by atoms with E-state index in [1.807, 2.05) is 0 Å². The van der Waals surface area contributed by atoms with Crippen LogP contribution in [-0.4, -0.2) is 29.4 Å². The predicted octanol–water partition coefficient (Wildman–Crippen LogP) is 3.86. The van der Waals surface area contributed by atoms with Crippen LogP contribution in [0, 0.1) is 6.92 Å². The number of allylic oxidation sites excluding steroid dienone is 1. The van der Waals surface area contributed by atoms with Gasteiger partial charge in [-0.3, -0.25) is 9.59 Å². The zero-order valence-corrected chi connectivity index (χ0v) is 15.1. The molecular weight excluding hydrogens is 379 g/mol. The number of hydrogen-bond acceptors (Lipinski definition) is 5. The van der Waals surface area contributed by atoms with Gasteiger partial charge in [-0.1, -0.05) is 34.8 Å². The molecule has 1 aromatic rings. The SMILES string of the molecule is COC1=C(Cl)C(=O)C2(Oc3cc(O)c(Cl)c(C)c3C2=O)C(C)=C1Cl. The fraction of sp³-hybridized carbons (Fsp3) is 0.250. The van der Waals surface area contributed by atoms with Crippen molar-refractivity contribution in [3.63, 3.8) is 0 Å². The van der Waals surface area contributed by atoms with Gasteiger partial charge in [-0.15, -0.1) is 0 Å². The van der Waals surface area contributed by atoms with E-state index >= 15 is 0 Å². The molecule has 1 N–H and O–H groups in total. The summed E-state index contributed by atoms with van der Waals surface area (Å²) in [5.74, 6) is -1.64. The van der Waals surface area contributed by atoms with E-state index in [0.717, 1.165) is 0 Å². The zero-order valence-electron chi connectivity index (χ0n) is 12.8. The van der Waals surface area contributed by atoms with Crippen LogP contribution in [0.4, 0.5) is 0 Å². The van der Waals surface area contributed by atoms with E-state index in [1.54, 1.807) is 6.92 Å². The predicted molar refractivity (Wildman–Crippen MR) is 89.0 cm³/mol. The number of phenolic OH excluding ortho intramolecular Hbond substituents is 1. The number of carbonyl (C=O) groups is 2. The summed E-state index contributed by atoms with van der Waals surface area (Å²) in [6, 6.07) is 1.19. The third kappa shape index (κ3) is 1.89. The molecule has 1 aromatic carbocycles. The summed E-state index contributed by atoms with van der Waals surface area (Å²) in [5.41, 5.74) is -1.43. The maximum absolute atomic E-state index is 13.1. The highest BCUT2D eigenvalue weighted by atomic mass is 35.5. The first-order valence-electron chi connectivity index (χ1n) is 6.80. The van der Waals surface area contributed by atoms with Crippen molar-refractivity contribution >= 4 is 46.4 Å². The first kappa shape index (κ1) is 17.1. The number of fused-ring (bicyclic) bond motifs is 1. The Morgan fingerprint density at radius 1 is 1.12 bits per heavy atom. The van der Waals surface area contributed by atoms with Crippen molar-refractivity contribution in [2.75, 3.05) is 7.11 Å². The number of aromatic hydroxyl groups is 1. The summed E-state index contributed by atoms with van der Waals surface area (Å²) in [4.78, 5) is 25.9. The maximum Gasteiger partial charge on any atom is 0.257 e. The number of carbonyl (C=O) groups excluding carboxylic acids is 2. The maximum atomic E-state index is 13.1. The van der Waals surface area contributed by atoms with E-state index in [2.05, 4.69) is 0 Å². The second-order valence-electron chi connectivity index (χ2n) is 5.44. The molecule has 0 amide bonds. The highest BCUT2D eigenvalue weighted by molar-refractivity contribution is 6.50. The average molecular weight is 390 g/mol. The molecule has 1 spiro atoms. The smallest absolute Gasteiger partial charge is 0.257 e. The van der Waals surface area contributed by atoms with Crippen molar-refractivity contribution in [3.05, 3.63) is 43.6 Å². The Labute approximate surface area is 152 Å². The standard InChI is InChI=1S/C16H11Cl3O5/c1-5-9-8(4-7(20)10(5)17)24-16(14(9)21)6(2)11(18)13(23-3)12(19)15(16)22/h4,20H,1-3H3. The van der Waals surface area contributed by atoms with Gasteiger partial charge in [0.2, 0.25) is 11.6 Å². The van der Waals surface area contributed by atoms with Gasteiger partial charge >= 0.3 is 0 Å². The average Bonchev–Trinajstić information content (AvgIpc) is 2.83. The third-order valence-corrected chi connectivity index (χ3v) is 5.51. The molecule has 0 bridgehead atoms. The Morgan fingerprint density at radius 2 is 1.75 bits per heavy atom. The van der Waals surface area contributed by atoms with Gasteiger partial charge in [0.05, 0.1) is 22.7 Å². The molecule has 0 radical (unpaired) electrons. The number of Topliss-reactive ketones (excluding diaryl/α,β-unsaturated/α-hetero) is 2. The molecule has 24 heavy (non-hydrogen) atoms. The molecule has 1 atom stereocenters. The molecule has 0 saturated carbocycles. The van der Waals surface area contributed by atoms with E-state index in [0.29, 0.717) is 5.56 Å². The lowest BCUT2D eigenvalue weighted by Gasteiger charge is -2.31. The van der Waals surface area contributed by atoms with Crippen molar-refractivity contribution in [1.82, 2.24) is 0 Å². The Kier molecular flexibility index (Phi) is 3.86. The molecule has 0 saturated heterocycles. The molecule has 0 fully saturated rings. The number of halogens is 3. The first-order chi connectivity index (χ1) is 11.2. The van der Waals surface area contributed by atoms with Gasteiger partial charge in [0.25, 0.3) is 5.60 Å². The lowest BCUT2D eigenvalue weighted by Crippen LogP contribution is -2.51. The molecule has 1 heterocycles. The Morgan fingerprint density at radius 3 is 2.33 bits per heavy atom. The molecule has 1 aliphatic heterocycles. The van der Waals surface area contributed by atoms with Gasteiger partial charge in [0.1, 0.15) is 16.5 Å². The number of rotatable bonds is 1. The Bertz CT molecular complexity index is 884. The van der Waals surface area contributed by atoms with Crippen LogP contribution in [0.15, 0.2) is 27.5 Å². The molecule has 126 valence electrons. The Balaban J connectivity index is 2.29. The van der Waals surface area contributed by atoms with Crippen LogP contribution in [0.1, 0.15) is 22.8 Å². The van der Waals surface area contributed by atoms with Crippen molar-refractivity contribution < 1.29 is 24.2 Å². The molecule has 8 heteroatoms. The van der Waals surface area contributed by atoms with E-state index in [1.165, 1.54) is 20.1 Å². The molecule has 5 nitrogen and oxygen atoms in total. The molecule has 3 rings (SSSR count). The van der Waals surface area contributed by atoms with Gasteiger partial charge in [0.15, 0.2) is 5.76 Å². The molecular formula is C16H11Cl3O5. The van der Waals surface area contributed by atoms with Crippen LogP contribution in [0.25, 0.3) is 0 Å². The van der Waals surface area contributed by atoms with Gasteiger partial charge < -0.3 is 14.6 Å². The van der Waals surface area contributed by atoms with Gasteiger partial charge in [0, 0.05) is 11.6 Å². The summed E-state index contributed by atoms with van der Waals surface area (Å²) < 4.78 is 10.7. The number of benzene rings is 1. The minimum absolute atomic E-state index is 0.0120. The van der Waals surface area contributed by atoms with Gasteiger partial charge in [-0.25, -0.2) is 0 Å². The monoisotopic (exact) mass is 388 g/mol. The summed E-state index contributed by atoms with van der Waals surface area (Å²) in [6.07, 6.45) is 0. The van der Waals surface area contributed by atoms with Gasteiger partial charge in [-0.05, 0) is 19.4 Å². The molecule has 1 unspecified atom stereocenters. The lowest BCUT2D eigenvalue weighted by molar-refractivity contribution is -0.123. The van der Waals surface area contributed by atoms with Crippen LogP contribution >= 0.6 is 34.8 Å². The highest BCUT2D eigenvalue weighted by Crippen LogP contribution is 2.50. The van der Waals surface area contributed by atoms with Gasteiger partial charge in [-0.2, -0.15) is 0 Å². The largest absolute Gasteiger partial charge is 0.506 e. The highest BCUT2D eigenvalue weighted by Gasteiger charge is 2.60. The number of hydrogen-bond donors (Lipinski definition) is 1. The third-order valence-electron chi connectivity index (χ3n) is 4.23. The second kappa shape index (κ2) is 5.41. The quantitative estimate of drug-likeness (QED) is 0.738. The van der Waals surface area contributed by atoms with Crippen LogP contribution < -0.4 is 4.74 Å². The Hall–Kier alpha value is -1.69. The summed E-state index contributed by atoms with van der Waals surface area (Å²) in [7, 11) is 1.31. The fourth-order valence-corrected chi connectivity index (χ4v) is 3.73. The minimum Gasteiger partial charge on any atom is -0.506 e. The summed E-state index contributed by atoms with van der Waals surface area (Å²) >= 11 is 18.3. The van der Waals surface area contributed by atoms with Crippen molar-refractivity contribution in [2.45, 2.75) is 19.4 Å². The van der Waals surface area contributed by atoms with E-state index in [9.17, 15) is 14.7 Å². The molecule has 1 aliphatic carbocycles. The van der Waals surface area contributed by atoms with Crippen LogP contribution in [-0.2, 0) is 9.53 Å². The molecule has 0 aromatic heterocycles. The van der Waals surface area contributed by atoms with Crippen molar-refractivity contribution in [2.24, 2.45) is 0 Å². The number of methoxy groups -OCH3 is 1. The number of ether oxygens (including phenoxy) is 2. The zero-order chi connectivity index (χ0) is 18.0. The minimum atomic E-state index is -2.01. The van der Waals surface area contributed by atoms with Crippen molar-refractivity contribution in [1.29, 1.82) is 0 Å². The van der Waals surface area contributed by atoms with Crippen LogP contribution in [0.5, 0.6) is 11.5 Å². The second-order valence-corrected chi connectivity index (χ2v) is 6.57.